The van der Waals surface area contributed by atoms with E-state index in [4.69, 9.17) is 14.0 Å². The second kappa shape index (κ2) is 13.6. The van der Waals surface area contributed by atoms with Gasteiger partial charge in [0.25, 0.3) is 5.91 Å². The molecule has 1 aromatic carbocycles. The van der Waals surface area contributed by atoms with Crippen molar-refractivity contribution in [2.75, 3.05) is 14.2 Å². The second-order valence-corrected chi connectivity index (χ2v) is 9.20. The van der Waals surface area contributed by atoms with Crippen molar-refractivity contribution in [3.05, 3.63) is 60.2 Å². The summed E-state index contributed by atoms with van der Waals surface area (Å²) >= 11 is 0. The molecule has 2 aromatic rings. The van der Waals surface area contributed by atoms with E-state index in [1.54, 1.807) is 0 Å². The van der Waals surface area contributed by atoms with E-state index >= 15 is 0 Å². The molecule has 2 amide bonds. The van der Waals surface area contributed by atoms with Crippen molar-refractivity contribution in [2.45, 2.75) is 50.8 Å². The Bertz CT molecular complexity index is 1110. The molecule has 1 aromatic heterocycles. The van der Waals surface area contributed by atoms with Crippen LogP contribution in [0, 0.1) is 5.92 Å². The molecular weight excluding hydrogens is 493 g/mol. The molecule has 1 aliphatic rings. The third-order valence-corrected chi connectivity index (χ3v) is 5.90. The Morgan fingerprint density at radius 3 is 2.47 bits per heavy atom. The quantitative estimate of drug-likeness (QED) is 0.256. The van der Waals surface area contributed by atoms with Gasteiger partial charge in [-0.15, -0.1) is 0 Å². The number of amides is 2. The first-order valence-electron chi connectivity index (χ1n) is 12.3. The summed E-state index contributed by atoms with van der Waals surface area (Å²) in [5.74, 6) is -3.16. The summed E-state index contributed by atoms with van der Waals surface area (Å²) < 4.78 is 16.0. The summed E-state index contributed by atoms with van der Waals surface area (Å²) in [6, 6.07) is 7.16. The van der Waals surface area contributed by atoms with Gasteiger partial charge in [-0.2, -0.15) is 0 Å². The predicted molar refractivity (Wildman–Crippen MR) is 136 cm³/mol. The van der Waals surface area contributed by atoms with Crippen LogP contribution < -0.4 is 16.0 Å². The molecule has 4 atom stereocenters. The van der Waals surface area contributed by atoms with Gasteiger partial charge in [-0.1, -0.05) is 44.2 Å². The lowest BCUT2D eigenvalue weighted by Crippen LogP contribution is -2.56. The van der Waals surface area contributed by atoms with Gasteiger partial charge >= 0.3 is 19.1 Å². The van der Waals surface area contributed by atoms with E-state index in [1.807, 2.05) is 44.2 Å². The molecule has 0 spiro atoms. The van der Waals surface area contributed by atoms with Gasteiger partial charge in [0.2, 0.25) is 5.91 Å². The summed E-state index contributed by atoms with van der Waals surface area (Å²) in [6.45, 7) is 3.88. The van der Waals surface area contributed by atoms with Gasteiger partial charge in [0.15, 0.2) is 6.10 Å². The molecule has 3 N–H and O–H groups in total. The average Bonchev–Trinajstić information content (AvgIpc) is 3.30. The van der Waals surface area contributed by atoms with Gasteiger partial charge in [0.1, 0.15) is 17.8 Å². The summed E-state index contributed by atoms with van der Waals surface area (Å²) in [4.78, 5) is 58.9. The first-order valence-corrected chi connectivity index (χ1v) is 12.3. The van der Waals surface area contributed by atoms with E-state index in [0.29, 0.717) is 6.42 Å². The van der Waals surface area contributed by atoms with Gasteiger partial charge in [-0.3, -0.25) is 24.2 Å². The number of nitrogens with one attached hydrogen (secondary N) is 3. The zero-order valence-corrected chi connectivity index (χ0v) is 21.7. The molecule has 1 aliphatic heterocycles. The van der Waals surface area contributed by atoms with Crippen LogP contribution in [0.1, 0.15) is 36.3 Å². The Hall–Kier alpha value is -3.84. The monoisotopic (exact) mass is 525 g/mol. The van der Waals surface area contributed by atoms with Crippen LogP contribution >= 0.6 is 0 Å². The summed E-state index contributed by atoms with van der Waals surface area (Å²) in [5, 5.41) is 8.31. The van der Waals surface area contributed by atoms with E-state index in [-0.39, 0.29) is 18.0 Å². The largest absolute Gasteiger partial charge is 0.552 e. The van der Waals surface area contributed by atoms with E-state index < -0.39 is 55.0 Å². The minimum absolute atomic E-state index is 0.0638. The number of likely N-dealkylation sites (N-methyl/N-ethyl adjacent to an activating group) is 1. The van der Waals surface area contributed by atoms with Gasteiger partial charge < -0.3 is 30.0 Å². The van der Waals surface area contributed by atoms with Crippen LogP contribution in [0.2, 0.25) is 0 Å². The third kappa shape index (κ3) is 7.59. The fraction of sp³-hybridized carbons (Fsp3) is 0.440. The van der Waals surface area contributed by atoms with Crippen molar-refractivity contribution in [1.82, 2.24) is 25.9 Å². The molecule has 2 heterocycles. The molecule has 202 valence electrons. The Morgan fingerprint density at radius 2 is 1.87 bits per heavy atom. The van der Waals surface area contributed by atoms with E-state index in [2.05, 4.69) is 25.9 Å². The Morgan fingerprint density at radius 1 is 1.13 bits per heavy atom. The molecule has 38 heavy (non-hydrogen) atoms. The maximum Gasteiger partial charge on any atom is 0.552 e. The number of nitrogens with zero attached hydrogens (tertiary/aromatic N) is 2. The average molecular weight is 525 g/mol. The summed E-state index contributed by atoms with van der Waals surface area (Å²) in [7, 11) is 1.55. The van der Waals surface area contributed by atoms with Crippen LogP contribution in [0.5, 0.6) is 0 Å². The van der Waals surface area contributed by atoms with Crippen molar-refractivity contribution >= 4 is 30.9 Å². The number of hydrogen-bond donors (Lipinski definition) is 3. The maximum absolute atomic E-state index is 13.5. The lowest BCUT2D eigenvalue weighted by molar-refractivity contribution is -0.150. The highest BCUT2D eigenvalue weighted by atomic mass is 16.7. The summed E-state index contributed by atoms with van der Waals surface area (Å²) in [5.41, 5.74) is 0.889. The van der Waals surface area contributed by atoms with Gasteiger partial charge in [0.05, 0.1) is 19.2 Å². The number of esters is 1. The molecule has 3 rings (SSSR count). The number of rotatable bonds is 12. The molecule has 0 aliphatic carbocycles. The van der Waals surface area contributed by atoms with Crippen LogP contribution in [0.15, 0.2) is 48.9 Å². The number of benzene rings is 1. The standard InChI is InChI=1S/C25H32BN5O7/c1-15(2)12-19(26-37-21(25(35)38-26)20(27-3)24(34)36-4)31-22(32)17(13-16-8-6-5-7-9-16)30-23(33)18-14-28-10-11-29-18/h5-11,14-15,17,19-21,27H,12-13H2,1-4H3,(H,30,33)(H,31,32)/t17-,19-,20+,21+/m0/s1. The highest BCUT2D eigenvalue weighted by Crippen LogP contribution is 2.21. The van der Waals surface area contributed by atoms with Crippen molar-refractivity contribution in [1.29, 1.82) is 0 Å². The normalized spacial score (nSPS) is 17.3. The van der Waals surface area contributed by atoms with E-state index in [1.165, 1.54) is 32.7 Å². The molecular formula is C25H32BN5O7. The molecule has 1 fully saturated rings. The van der Waals surface area contributed by atoms with Crippen LogP contribution in [-0.4, -0.2) is 79.1 Å². The predicted octanol–water partition coefficient (Wildman–Crippen LogP) is 0.0790. The van der Waals surface area contributed by atoms with Crippen LogP contribution in [0.25, 0.3) is 0 Å². The molecule has 13 heteroatoms. The summed E-state index contributed by atoms with van der Waals surface area (Å²) in [6.07, 6.45) is 3.48. The number of hydrogen-bond acceptors (Lipinski definition) is 10. The highest BCUT2D eigenvalue weighted by Gasteiger charge is 2.51. The Kier molecular flexibility index (Phi) is 10.3. The Balaban J connectivity index is 1.80. The number of aromatic nitrogens is 2. The minimum atomic E-state index is -1.25. The van der Waals surface area contributed by atoms with Gasteiger partial charge in [-0.25, -0.2) is 4.98 Å². The molecule has 1 saturated heterocycles. The second-order valence-electron chi connectivity index (χ2n) is 9.20. The smallest absolute Gasteiger partial charge is 0.506 e. The topological polar surface area (TPSA) is 158 Å². The molecule has 0 bridgehead atoms. The number of ether oxygens (including phenoxy) is 1. The van der Waals surface area contributed by atoms with E-state index in [9.17, 15) is 19.2 Å². The zero-order valence-electron chi connectivity index (χ0n) is 21.7. The molecule has 0 unspecified atom stereocenters. The molecule has 12 nitrogen and oxygen atoms in total. The maximum atomic E-state index is 13.5. The van der Waals surface area contributed by atoms with Crippen molar-refractivity contribution in [3.63, 3.8) is 0 Å². The zero-order chi connectivity index (χ0) is 27.7. The number of methoxy groups -OCH3 is 1. The molecule has 0 radical (unpaired) electrons. The van der Waals surface area contributed by atoms with Crippen molar-refractivity contribution < 1.29 is 33.2 Å². The minimum Gasteiger partial charge on any atom is -0.506 e. The lowest BCUT2D eigenvalue weighted by atomic mass is 9.74. The number of carbonyl (C=O) groups excluding carboxylic acids is 4. The SMILES string of the molecule is CN[C@@H](C(=O)OC)[C@H]1OB([C@H](CC(C)C)NC(=O)[C@H](Cc2ccccc2)NC(=O)c2cnccn2)OC1=O. The van der Waals surface area contributed by atoms with Crippen molar-refractivity contribution in [3.8, 4) is 0 Å². The first kappa shape index (κ1) is 28.7. The van der Waals surface area contributed by atoms with Crippen molar-refractivity contribution in [2.24, 2.45) is 5.92 Å². The van der Waals surface area contributed by atoms with Gasteiger partial charge in [0, 0.05) is 18.8 Å². The van der Waals surface area contributed by atoms with Crippen LogP contribution in [0.4, 0.5) is 0 Å². The lowest BCUT2D eigenvalue weighted by Gasteiger charge is -2.25. The molecule has 0 saturated carbocycles. The first-order chi connectivity index (χ1) is 18.2. The van der Waals surface area contributed by atoms with E-state index in [0.717, 1.165) is 5.56 Å². The fourth-order valence-corrected chi connectivity index (χ4v) is 4.06. The third-order valence-electron chi connectivity index (χ3n) is 5.90. The number of carbonyl (C=O) groups is 4. The highest BCUT2D eigenvalue weighted by molar-refractivity contribution is 6.51. The van der Waals surface area contributed by atoms with Crippen LogP contribution in [-0.2, 0) is 34.9 Å². The van der Waals surface area contributed by atoms with Gasteiger partial charge in [-0.05, 0) is 24.9 Å². The van der Waals surface area contributed by atoms with Crippen LogP contribution in [0.3, 0.4) is 0 Å². The fourth-order valence-electron chi connectivity index (χ4n) is 4.06. The Labute approximate surface area is 221 Å².